The predicted octanol–water partition coefficient (Wildman–Crippen LogP) is 4.43. The van der Waals surface area contributed by atoms with Crippen molar-refractivity contribution >= 4 is 39.0 Å². The molecule has 30 heavy (non-hydrogen) atoms. The van der Waals surface area contributed by atoms with E-state index in [1.54, 1.807) is 18.4 Å². The van der Waals surface area contributed by atoms with Crippen LogP contribution >= 0.6 is 11.3 Å². The van der Waals surface area contributed by atoms with E-state index in [1.807, 2.05) is 30.5 Å². The van der Waals surface area contributed by atoms with Gasteiger partial charge in [-0.1, -0.05) is 0 Å². The number of benzene rings is 1. The lowest BCUT2D eigenvalue weighted by Gasteiger charge is -2.34. The molecule has 1 aromatic carbocycles. The minimum absolute atomic E-state index is 0.0477. The summed E-state index contributed by atoms with van der Waals surface area (Å²) >= 11 is 1.65. The van der Waals surface area contributed by atoms with Gasteiger partial charge in [-0.25, -0.2) is 4.98 Å². The number of carbonyl (C=O) groups excluding carboxylic acids is 1. The first-order valence-electron chi connectivity index (χ1n) is 10.7. The second-order valence-corrected chi connectivity index (χ2v) is 9.17. The number of fused-ring (bicyclic) bond motifs is 2. The Morgan fingerprint density at radius 1 is 1.23 bits per heavy atom. The monoisotopic (exact) mass is 422 g/mol. The molecule has 0 spiro atoms. The fraction of sp³-hybridized carbons (Fsp3) is 0.435. The number of amides is 1. The third-order valence-electron chi connectivity index (χ3n) is 6.13. The highest BCUT2D eigenvalue weighted by Crippen LogP contribution is 2.33. The molecular weight excluding hydrogens is 396 g/mol. The molecule has 1 unspecified atom stereocenters. The van der Waals surface area contributed by atoms with Crippen LogP contribution in [-0.2, 0) is 17.6 Å². The SMILES string of the molecule is COc1ccc2nccc(N3CCCC(C(=O)Nc4nc5c(s4)CCCC5)C3)c2c1. The lowest BCUT2D eigenvalue weighted by atomic mass is 9.96. The molecule has 1 aliphatic heterocycles. The van der Waals surface area contributed by atoms with Gasteiger partial charge in [0.1, 0.15) is 5.75 Å². The zero-order valence-corrected chi connectivity index (χ0v) is 18.0. The number of pyridine rings is 1. The van der Waals surface area contributed by atoms with Crippen LogP contribution < -0.4 is 15.0 Å². The summed E-state index contributed by atoms with van der Waals surface area (Å²) in [5, 5.41) is 4.93. The van der Waals surface area contributed by atoms with E-state index < -0.39 is 0 Å². The van der Waals surface area contributed by atoms with E-state index in [-0.39, 0.29) is 11.8 Å². The fourth-order valence-corrected chi connectivity index (χ4v) is 5.59. The second kappa shape index (κ2) is 8.22. The van der Waals surface area contributed by atoms with E-state index in [0.717, 1.165) is 59.7 Å². The summed E-state index contributed by atoms with van der Waals surface area (Å²) in [5.41, 5.74) is 3.23. The summed E-state index contributed by atoms with van der Waals surface area (Å²) in [4.78, 5) is 25.8. The Kier molecular flexibility index (Phi) is 5.29. The van der Waals surface area contributed by atoms with Crippen LogP contribution in [0.5, 0.6) is 5.75 Å². The van der Waals surface area contributed by atoms with Gasteiger partial charge in [-0.15, -0.1) is 11.3 Å². The normalized spacial score (nSPS) is 18.8. The fourth-order valence-electron chi connectivity index (χ4n) is 4.54. The summed E-state index contributed by atoms with van der Waals surface area (Å²) < 4.78 is 5.41. The van der Waals surface area contributed by atoms with Crippen molar-refractivity contribution in [2.24, 2.45) is 5.92 Å². The third kappa shape index (κ3) is 3.74. The van der Waals surface area contributed by atoms with E-state index in [1.165, 1.54) is 23.4 Å². The van der Waals surface area contributed by atoms with Gasteiger partial charge in [0, 0.05) is 35.2 Å². The molecule has 1 amide bonds. The average Bonchev–Trinajstić information content (AvgIpc) is 3.20. The Hall–Kier alpha value is -2.67. The smallest absolute Gasteiger partial charge is 0.231 e. The molecule has 156 valence electrons. The van der Waals surface area contributed by atoms with Crippen LogP contribution in [0.15, 0.2) is 30.5 Å². The van der Waals surface area contributed by atoms with Gasteiger partial charge in [0.25, 0.3) is 0 Å². The highest BCUT2D eigenvalue weighted by molar-refractivity contribution is 7.15. The zero-order valence-electron chi connectivity index (χ0n) is 17.2. The number of thiazole rings is 1. The van der Waals surface area contributed by atoms with Crippen molar-refractivity contribution in [2.45, 2.75) is 38.5 Å². The van der Waals surface area contributed by atoms with Gasteiger partial charge >= 0.3 is 0 Å². The molecule has 1 saturated heterocycles. The van der Waals surface area contributed by atoms with Gasteiger partial charge in [0.2, 0.25) is 5.91 Å². The number of piperidine rings is 1. The van der Waals surface area contributed by atoms with Crippen LogP contribution in [0.1, 0.15) is 36.3 Å². The molecule has 6 nitrogen and oxygen atoms in total. The van der Waals surface area contributed by atoms with Gasteiger partial charge in [-0.3, -0.25) is 9.78 Å². The van der Waals surface area contributed by atoms with Gasteiger partial charge in [0.15, 0.2) is 5.13 Å². The molecule has 5 rings (SSSR count). The largest absolute Gasteiger partial charge is 0.497 e. The number of nitrogens with zero attached hydrogens (tertiary/aromatic N) is 3. The summed E-state index contributed by atoms with van der Waals surface area (Å²) in [7, 11) is 1.68. The molecule has 1 N–H and O–H groups in total. The Morgan fingerprint density at radius 2 is 2.13 bits per heavy atom. The number of carbonyl (C=O) groups is 1. The lowest BCUT2D eigenvalue weighted by Crippen LogP contribution is -2.40. The maximum Gasteiger partial charge on any atom is 0.231 e. The number of aryl methyl sites for hydroxylation is 2. The minimum atomic E-state index is -0.0477. The third-order valence-corrected chi connectivity index (χ3v) is 7.21. The zero-order chi connectivity index (χ0) is 20.5. The maximum atomic E-state index is 13.0. The number of rotatable bonds is 4. The summed E-state index contributed by atoms with van der Waals surface area (Å²) in [6.07, 6.45) is 8.29. The number of hydrogen-bond donors (Lipinski definition) is 1. The molecule has 0 bridgehead atoms. The van der Waals surface area contributed by atoms with Crippen LogP contribution in [0.25, 0.3) is 10.9 Å². The number of methoxy groups -OCH3 is 1. The molecule has 3 heterocycles. The highest BCUT2D eigenvalue weighted by Gasteiger charge is 2.28. The Morgan fingerprint density at radius 3 is 3.00 bits per heavy atom. The summed E-state index contributed by atoms with van der Waals surface area (Å²) in [5.74, 6) is 0.853. The topological polar surface area (TPSA) is 67.3 Å². The van der Waals surface area contributed by atoms with Crippen LogP contribution in [-0.4, -0.2) is 36.1 Å². The molecule has 1 atom stereocenters. The molecule has 3 aromatic rings. The van der Waals surface area contributed by atoms with Crippen molar-refractivity contribution in [3.05, 3.63) is 41.0 Å². The predicted molar refractivity (Wildman–Crippen MR) is 121 cm³/mol. The number of nitrogens with one attached hydrogen (secondary N) is 1. The van der Waals surface area contributed by atoms with Crippen LogP contribution in [0.3, 0.4) is 0 Å². The molecule has 0 radical (unpaired) electrons. The second-order valence-electron chi connectivity index (χ2n) is 8.08. The van der Waals surface area contributed by atoms with Crippen molar-refractivity contribution in [3.8, 4) is 5.75 Å². The summed E-state index contributed by atoms with van der Waals surface area (Å²) in [6, 6.07) is 7.98. The van der Waals surface area contributed by atoms with E-state index in [2.05, 4.69) is 20.2 Å². The molecule has 2 aliphatic rings. The van der Waals surface area contributed by atoms with Crippen molar-refractivity contribution < 1.29 is 9.53 Å². The van der Waals surface area contributed by atoms with Crippen molar-refractivity contribution in [3.63, 3.8) is 0 Å². The first-order chi connectivity index (χ1) is 14.7. The Balaban J connectivity index is 1.34. The quantitative estimate of drug-likeness (QED) is 0.674. The maximum absolute atomic E-state index is 13.0. The molecule has 1 aliphatic carbocycles. The van der Waals surface area contributed by atoms with Crippen molar-refractivity contribution in [2.75, 3.05) is 30.4 Å². The minimum Gasteiger partial charge on any atom is -0.497 e. The molecule has 2 aromatic heterocycles. The van der Waals surface area contributed by atoms with Gasteiger partial charge in [-0.2, -0.15) is 0 Å². The summed E-state index contributed by atoms with van der Waals surface area (Å²) in [6.45, 7) is 1.64. The molecular formula is C23H26N4O2S. The van der Waals surface area contributed by atoms with Crippen LogP contribution in [0.2, 0.25) is 0 Å². The van der Waals surface area contributed by atoms with Crippen molar-refractivity contribution in [1.82, 2.24) is 9.97 Å². The molecule has 0 saturated carbocycles. The van der Waals surface area contributed by atoms with Crippen molar-refractivity contribution in [1.29, 1.82) is 0 Å². The van der Waals surface area contributed by atoms with E-state index in [9.17, 15) is 4.79 Å². The van der Waals surface area contributed by atoms with E-state index >= 15 is 0 Å². The number of hydrogen-bond acceptors (Lipinski definition) is 6. The van der Waals surface area contributed by atoms with Gasteiger partial charge in [-0.05, 0) is 62.8 Å². The first kappa shape index (κ1) is 19.3. The first-order valence-corrected chi connectivity index (χ1v) is 11.5. The molecule has 7 heteroatoms. The Bertz CT molecular complexity index is 1060. The van der Waals surface area contributed by atoms with Gasteiger partial charge in [0.05, 0.1) is 24.2 Å². The van der Waals surface area contributed by atoms with E-state index in [0.29, 0.717) is 6.54 Å². The van der Waals surface area contributed by atoms with Crippen LogP contribution in [0.4, 0.5) is 10.8 Å². The number of ether oxygens (including phenoxy) is 1. The number of aromatic nitrogens is 2. The molecule has 1 fully saturated rings. The Labute approximate surface area is 180 Å². The average molecular weight is 423 g/mol. The number of anilines is 2. The standard InChI is InChI=1S/C23H26N4O2S/c1-29-16-8-9-18-17(13-16)20(10-11-24-18)27-12-4-5-15(14-27)22(28)26-23-25-19-6-2-3-7-21(19)30-23/h8-11,13,15H,2-7,12,14H2,1H3,(H,25,26,28). The van der Waals surface area contributed by atoms with E-state index in [4.69, 9.17) is 4.74 Å². The highest BCUT2D eigenvalue weighted by atomic mass is 32.1. The lowest BCUT2D eigenvalue weighted by molar-refractivity contribution is -0.120. The van der Waals surface area contributed by atoms with Crippen LogP contribution in [0, 0.1) is 5.92 Å². The van der Waals surface area contributed by atoms with Gasteiger partial charge < -0.3 is 15.0 Å².